The van der Waals surface area contributed by atoms with Crippen molar-refractivity contribution in [3.63, 3.8) is 0 Å². The molecule has 1 fully saturated rings. The van der Waals surface area contributed by atoms with Gasteiger partial charge in [-0.2, -0.15) is 0 Å². The summed E-state index contributed by atoms with van der Waals surface area (Å²) < 4.78 is 36.7. The fourth-order valence-corrected chi connectivity index (χ4v) is 3.94. The van der Waals surface area contributed by atoms with Crippen molar-refractivity contribution >= 4 is 6.16 Å². The number of aryl methyl sites for hydroxylation is 1. The monoisotopic (exact) mass is 512 g/mol. The highest BCUT2D eigenvalue weighted by Crippen LogP contribution is 2.35. The van der Waals surface area contributed by atoms with Gasteiger partial charge >= 0.3 is 12.1 Å². The van der Waals surface area contributed by atoms with Gasteiger partial charge in [-0.25, -0.2) is 9.18 Å². The molecule has 0 bridgehead atoms. The molecule has 2 aromatic rings. The fraction of sp³-hybridized carbons (Fsp3) is 0.583. The average molecular weight is 513 g/mol. The molecule has 3 rings (SSSR count). The van der Waals surface area contributed by atoms with Gasteiger partial charge in [0.15, 0.2) is 6.10 Å². The van der Waals surface area contributed by atoms with Gasteiger partial charge in [0.05, 0.1) is 6.61 Å². The molecule has 12 heteroatoms. The molecule has 0 unspecified atom stereocenters. The van der Waals surface area contributed by atoms with E-state index >= 15 is 0 Å². The zero-order chi connectivity index (χ0) is 26.8. The Bertz CT molecular complexity index is 1080. The number of nitrogens with zero attached hydrogens (tertiary/aromatic N) is 2. The minimum absolute atomic E-state index is 0.0452. The number of carbonyl (C=O) groups excluding carboxylic acids is 1. The molecular formula is C24H33FN2O9. The van der Waals surface area contributed by atoms with Crippen LogP contribution in [0, 0.1) is 19.7 Å². The van der Waals surface area contributed by atoms with Crippen molar-refractivity contribution < 1.29 is 48.6 Å². The molecule has 11 nitrogen and oxygen atoms in total. The number of aromatic nitrogens is 2. The van der Waals surface area contributed by atoms with Crippen LogP contribution in [0.25, 0.3) is 0 Å². The Labute approximate surface area is 208 Å². The molecule has 1 saturated heterocycles. The van der Waals surface area contributed by atoms with Crippen molar-refractivity contribution in [2.24, 2.45) is 0 Å². The number of aliphatic hydroxyl groups excluding tert-OH is 3. The van der Waals surface area contributed by atoms with Crippen molar-refractivity contribution in [3.8, 4) is 5.88 Å². The summed E-state index contributed by atoms with van der Waals surface area (Å²) >= 11 is 0. The molecule has 36 heavy (non-hydrogen) atoms. The van der Waals surface area contributed by atoms with Crippen LogP contribution in [0.5, 0.6) is 5.88 Å². The smallest absolute Gasteiger partial charge is 0.435 e. The number of aliphatic hydroxyl groups is 4. The van der Waals surface area contributed by atoms with E-state index in [0.717, 1.165) is 5.56 Å². The standard InChI is InChI=1S/C24H33FN2O9/c1-6-33-23(31)34-11-18-19(28)20(29)21(30)24(32,35-18)36-22-16(14(5)27(26-22)12(2)3)10-15-8-7-13(4)9-17(15)25/h7-9,12,18-21,28-30,32H,6,10-11H2,1-5H3/t18-,19-,20+,21-,24+/m1/s1. The lowest BCUT2D eigenvalue weighted by Crippen LogP contribution is -2.67. The molecule has 1 aliphatic rings. The van der Waals surface area contributed by atoms with E-state index in [9.17, 15) is 29.6 Å². The van der Waals surface area contributed by atoms with Crippen LogP contribution >= 0.6 is 0 Å². The van der Waals surface area contributed by atoms with Gasteiger partial charge in [0.25, 0.3) is 0 Å². The molecule has 0 saturated carbocycles. The SMILES string of the molecule is CCOC(=O)OC[C@H]1O[C@](O)(Oc2nn(C(C)C)c(C)c2Cc2ccc(C)cc2F)[C@H](O)[C@@H](O)[C@@H]1O. The number of carbonyl (C=O) groups is 1. The summed E-state index contributed by atoms with van der Waals surface area (Å²) in [4.78, 5) is 11.5. The summed E-state index contributed by atoms with van der Waals surface area (Å²) in [6.45, 7) is 8.24. The van der Waals surface area contributed by atoms with Gasteiger partial charge in [-0.05, 0) is 51.8 Å². The van der Waals surface area contributed by atoms with Crippen LogP contribution in [0.15, 0.2) is 18.2 Å². The maximum Gasteiger partial charge on any atom is 0.508 e. The molecule has 2 heterocycles. The Hall–Kier alpha value is -2.77. The van der Waals surface area contributed by atoms with E-state index in [-0.39, 0.29) is 24.9 Å². The maximum absolute atomic E-state index is 14.6. The van der Waals surface area contributed by atoms with Crippen molar-refractivity contribution in [3.05, 3.63) is 46.4 Å². The second-order valence-electron chi connectivity index (χ2n) is 8.99. The summed E-state index contributed by atoms with van der Waals surface area (Å²) in [6.07, 6.45) is -8.26. The zero-order valence-electron chi connectivity index (χ0n) is 20.8. The third-order valence-corrected chi connectivity index (χ3v) is 5.92. The fourth-order valence-electron chi connectivity index (χ4n) is 3.94. The lowest BCUT2D eigenvalue weighted by Gasteiger charge is -2.44. The van der Waals surface area contributed by atoms with Gasteiger partial charge in [-0.1, -0.05) is 12.1 Å². The highest BCUT2D eigenvalue weighted by atomic mass is 19.1. The first kappa shape index (κ1) is 27.8. The van der Waals surface area contributed by atoms with E-state index in [1.54, 1.807) is 37.6 Å². The third-order valence-electron chi connectivity index (χ3n) is 5.92. The number of hydrogen-bond donors (Lipinski definition) is 4. The highest BCUT2D eigenvalue weighted by molar-refractivity contribution is 5.59. The number of hydrogen-bond acceptors (Lipinski definition) is 10. The minimum atomic E-state index is -2.88. The molecule has 4 N–H and O–H groups in total. The summed E-state index contributed by atoms with van der Waals surface area (Å²) in [7, 11) is 0. The molecule has 5 atom stereocenters. The molecule has 1 aromatic carbocycles. The van der Waals surface area contributed by atoms with E-state index in [2.05, 4.69) is 9.84 Å². The molecule has 0 spiro atoms. The van der Waals surface area contributed by atoms with E-state index in [0.29, 0.717) is 16.8 Å². The van der Waals surface area contributed by atoms with E-state index in [4.69, 9.17) is 14.2 Å². The van der Waals surface area contributed by atoms with Crippen molar-refractivity contribution in [2.45, 2.75) is 77.5 Å². The minimum Gasteiger partial charge on any atom is -0.435 e. The molecular weight excluding hydrogens is 479 g/mol. The van der Waals surface area contributed by atoms with Crippen molar-refractivity contribution in [2.75, 3.05) is 13.2 Å². The molecule has 1 aromatic heterocycles. The number of rotatable bonds is 8. The van der Waals surface area contributed by atoms with Crippen molar-refractivity contribution in [1.82, 2.24) is 9.78 Å². The molecule has 200 valence electrons. The van der Waals surface area contributed by atoms with E-state index in [1.165, 1.54) is 6.07 Å². The van der Waals surface area contributed by atoms with Crippen LogP contribution in [-0.2, 0) is 20.6 Å². The Balaban J connectivity index is 1.93. The van der Waals surface area contributed by atoms with Gasteiger partial charge < -0.3 is 39.4 Å². The first-order chi connectivity index (χ1) is 16.9. The van der Waals surface area contributed by atoms with Gasteiger partial charge in [0.1, 0.15) is 30.7 Å². The zero-order valence-corrected chi connectivity index (χ0v) is 20.8. The largest absolute Gasteiger partial charge is 0.508 e. The van der Waals surface area contributed by atoms with Gasteiger partial charge in [0.2, 0.25) is 5.88 Å². The van der Waals surface area contributed by atoms with Crippen LogP contribution in [0.1, 0.15) is 49.2 Å². The van der Waals surface area contributed by atoms with Crippen molar-refractivity contribution in [1.29, 1.82) is 0 Å². The maximum atomic E-state index is 14.6. The quantitative estimate of drug-likeness (QED) is 0.302. The summed E-state index contributed by atoms with van der Waals surface area (Å²) in [5, 5.41) is 46.6. The Morgan fingerprint density at radius 1 is 1.22 bits per heavy atom. The first-order valence-corrected chi connectivity index (χ1v) is 11.6. The molecule has 1 aliphatic heterocycles. The van der Waals surface area contributed by atoms with Crippen LogP contribution in [0.2, 0.25) is 0 Å². The first-order valence-electron chi connectivity index (χ1n) is 11.6. The summed E-state index contributed by atoms with van der Waals surface area (Å²) in [5.74, 6) is -3.48. The second-order valence-corrected chi connectivity index (χ2v) is 8.99. The predicted octanol–water partition coefficient (Wildman–Crippen LogP) is 1.49. The molecule has 0 amide bonds. The van der Waals surface area contributed by atoms with Gasteiger partial charge in [-0.15, -0.1) is 5.10 Å². The lowest BCUT2D eigenvalue weighted by molar-refractivity contribution is -0.423. The Kier molecular flexibility index (Phi) is 8.57. The van der Waals surface area contributed by atoms with Gasteiger partial charge in [0, 0.05) is 23.7 Å². The summed E-state index contributed by atoms with van der Waals surface area (Å²) in [6, 6.07) is 4.65. The van der Waals surface area contributed by atoms with E-state index < -0.39 is 49.0 Å². The number of ether oxygens (including phenoxy) is 4. The summed E-state index contributed by atoms with van der Waals surface area (Å²) in [5.41, 5.74) is 2.14. The topological polar surface area (TPSA) is 153 Å². The highest BCUT2D eigenvalue weighted by Gasteiger charge is 2.56. The third kappa shape index (κ3) is 5.79. The Morgan fingerprint density at radius 2 is 1.92 bits per heavy atom. The number of benzene rings is 1. The second kappa shape index (κ2) is 11.1. The van der Waals surface area contributed by atoms with Gasteiger partial charge in [-0.3, -0.25) is 4.68 Å². The Morgan fingerprint density at radius 3 is 2.53 bits per heavy atom. The predicted molar refractivity (Wildman–Crippen MR) is 123 cm³/mol. The normalized spacial score (nSPS) is 26.2. The average Bonchev–Trinajstić information content (AvgIpc) is 3.11. The van der Waals surface area contributed by atoms with E-state index in [1.807, 2.05) is 13.8 Å². The van der Waals surface area contributed by atoms with Crippen LogP contribution in [-0.4, -0.2) is 80.0 Å². The molecule has 0 aliphatic carbocycles. The van der Waals surface area contributed by atoms with Crippen LogP contribution < -0.4 is 4.74 Å². The van der Waals surface area contributed by atoms with Crippen LogP contribution in [0.3, 0.4) is 0 Å². The van der Waals surface area contributed by atoms with Crippen LogP contribution in [0.4, 0.5) is 9.18 Å². The lowest BCUT2D eigenvalue weighted by atomic mass is 9.97. The molecule has 0 radical (unpaired) electrons. The number of halogens is 1.